The highest BCUT2D eigenvalue weighted by atomic mass is 79.9. The Bertz CT molecular complexity index is 423. The monoisotopic (exact) mass is 362 g/mol. The Morgan fingerprint density at radius 2 is 1.90 bits per heavy atom. The zero-order valence-corrected chi connectivity index (χ0v) is 15.1. The van der Waals surface area contributed by atoms with Crippen molar-refractivity contribution in [2.45, 2.75) is 44.9 Å². The molecule has 1 aromatic carbocycles. The molecule has 0 spiro atoms. The van der Waals surface area contributed by atoms with Crippen LogP contribution in [0.25, 0.3) is 0 Å². The van der Waals surface area contributed by atoms with Crippen LogP contribution in [0, 0.1) is 5.92 Å². The van der Waals surface area contributed by atoms with Gasteiger partial charge in [0, 0.05) is 5.56 Å². The van der Waals surface area contributed by atoms with E-state index in [2.05, 4.69) is 29.8 Å². The summed E-state index contributed by atoms with van der Waals surface area (Å²) in [5.74, 6) is 2.00. The lowest BCUT2D eigenvalue weighted by Crippen LogP contribution is -2.09. The molecule has 0 radical (unpaired) electrons. The molecule has 0 fully saturated rings. The van der Waals surface area contributed by atoms with Crippen molar-refractivity contribution < 1.29 is 9.47 Å². The first-order valence-corrected chi connectivity index (χ1v) is 8.37. The summed E-state index contributed by atoms with van der Waals surface area (Å²) in [7, 11) is 3.31. The summed E-state index contributed by atoms with van der Waals surface area (Å²) in [4.78, 5) is 0. The van der Waals surface area contributed by atoms with Gasteiger partial charge in [0.2, 0.25) is 0 Å². The van der Waals surface area contributed by atoms with Gasteiger partial charge >= 0.3 is 0 Å². The summed E-state index contributed by atoms with van der Waals surface area (Å²) in [6.07, 6.45) is 4.62. The van der Waals surface area contributed by atoms with Gasteiger partial charge in [-0.25, -0.2) is 0 Å². The third-order valence-electron chi connectivity index (χ3n) is 3.68. The van der Waals surface area contributed by atoms with Gasteiger partial charge in [-0.1, -0.05) is 39.2 Å². The minimum Gasteiger partial charge on any atom is -0.495 e. The number of alkyl halides is 1. The molecular weight excluding hydrogens is 340 g/mol. The first-order valence-electron chi connectivity index (χ1n) is 7.15. The molecule has 0 aromatic heterocycles. The normalized spacial score (nSPS) is 13.9. The number of unbranched alkanes of at least 4 members (excludes halogenated alkanes) is 1. The lowest BCUT2D eigenvalue weighted by Gasteiger charge is -2.24. The Hall–Kier alpha value is -0.410. The van der Waals surface area contributed by atoms with E-state index in [-0.39, 0.29) is 5.38 Å². The first kappa shape index (κ1) is 17.6. The molecule has 0 N–H and O–H groups in total. The molecule has 20 heavy (non-hydrogen) atoms. The maximum Gasteiger partial charge on any atom is 0.141 e. The molecule has 2 nitrogen and oxygen atoms in total. The number of halogens is 2. The van der Waals surface area contributed by atoms with Crippen LogP contribution in [0.2, 0.25) is 0 Å². The second-order valence-electron chi connectivity index (χ2n) is 4.92. The highest BCUT2D eigenvalue weighted by molar-refractivity contribution is 9.10. The molecule has 4 heteroatoms. The molecule has 0 aliphatic carbocycles. The van der Waals surface area contributed by atoms with Crippen molar-refractivity contribution in [1.29, 1.82) is 0 Å². The number of hydrogen-bond donors (Lipinski definition) is 0. The zero-order valence-electron chi connectivity index (χ0n) is 12.7. The predicted molar refractivity (Wildman–Crippen MR) is 89.1 cm³/mol. The molecule has 2 atom stereocenters. The molecule has 0 bridgehead atoms. The highest BCUT2D eigenvalue weighted by Gasteiger charge is 2.24. The minimum atomic E-state index is -0.0382. The highest BCUT2D eigenvalue weighted by Crippen LogP contribution is 2.45. The van der Waals surface area contributed by atoms with E-state index in [0.29, 0.717) is 5.92 Å². The van der Waals surface area contributed by atoms with E-state index in [0.717, 1.165) is 34.4 Å². The summed E-state index contributed by atoms with van der Waals surface area (Å²) in [5, 5.41) is -0.0382. The SMILES string of the molecule is CCCCC(CC)C(Cl)c1ccc(OC)c(Br)c1OC. The van der Waals surface area contributed by atoms with E-state index >= 15 is 0 Å². The van der Waals surface area contributed by atoms with Crippen molar-refractivity contribution in [3.63, 3.8) is 0 Å². The van der Waals surface area contributed by atoms with Crippen molar-refractivity contribution in [1.82, 2.24) is 0 Å². The fraction of sp³-hybridized carbons (Fsp3) is 0.625. The Kier molecular flexibility index (Phi) is 7.75. The molecule has 0 aliphatic heterocycles. The number of ether oxygens (including phenoxy) is 2. The molecule has 114 valence electrons. The van der Waals surface area contributed by atoms with Gasteiger partial charge in [-0.15, -0.1) is 11.6 Å². The minimum absolute atomic E-state index is 0.0382. The van der Waals surface area contributed by atoms with E-state index < -0.39 is 0 Å². The van der Waals surface area contributed by atoms with Gasteiger partial charge in [-0.2, -0.15) is 0 Å². The Labute approximate surface area is 135 Å². The lowest BCUT2D eigenvalue weighted by molar-refractivity contribution is 0.376. The van der Waals surface area contributed by atoms with Gasteiger partial charge < -0.3 is 9.47 Å². The van der Waals surface area contributed by atoms with Gasteiger partial charge in [0.1, 0.15) is 16.0 Å². The molecule has 0 aliphatic rings. The number of methoxy groups -OCH3 is 2. The van der Waals surface area contributed by atoms with Gasteiger partial charge in [0.05, 0.1) is 19.6 Å². The van der Waals surface area contributed by atoms with Crippen LogP contribution in [0.15, 0.2) is 16.6 Å². The fourth-order valence-corrected chi connectivity index (χ4v) is 3.57. The average Bonchev–Trinajstić information content (AvgIpc) is 2.47. The van der Waals surface area contributed by atoms with E-state index in [1.165, 1.54) is 12.8 Å². The van der Waals surface area contributed by atoms with Crippen LogP contribution in [0.1, 0.15) is 50.5 Å². The second-order valence-corrected chi connectivity index (χ2v) is 6.18. The van der Waals surface area contributed by atoms with Gasteiger partial charge in [-0.05, 0) is 34.3 Å². The van der Waals surface area contributed by atoms with Crippen molar-refractivity contribution in [2.24, 2.45) is 5.92 Å². The van der Waals surface area contributed by atoms with Crippen molar-refractivity contribution in [3.05, 3.63) is 22.2 Å². The Morgan fingerprint density at radius 3 is 2.40 bits per heavy atom. The standard InChI is InChI=1S/C16H24BrClO2/c1-5-7-8-11(6-2)15(18)12-9-10-13(19-3)14(17)16(12)20-4/h9-11,15H,5-8H2,1-4H3. The van der Waals surface area contributed by atoms with Gasteiger partial charge in [0.15, 0.2) is 0 Å². The molecule has 1 aromatic rings. The molecule has 0 saturated heterocycles. The van der Waals surface area contributed by atoms with E-state index in [4.69, 9.17) is 21.1 Å². The number of rotatable bonds is 8. The smallest absolute Gasteiger partial charge is 0.141 e. The topological polar surface area (TPSA) is 18.5 Å². The second kappa shape index (κ2) is 8.78. The van der Waals surface area contributed by atoms with Crippen LogP contribution in [-0.4, -0.2) is 14.2 Å². The molecule has 0 heterocycles. The van der Waals surface area contributed by atoms with E-state index in [1.54, 1.807) is 14.2 Å². The fourth-order valence-electron chi connectivity index (χ4n) is 2.41. The quantitative estimate of drug-likeness (QED) is 0.530. The van der Waals surface area contributed by atoms with E-state index in [9.17, 15) is 0 Å². The number of hydrogen-bond acceptors (Lipinski definition) is 2. The first-order chi connectivity index (χ1) is 9.60. The zero-order chi connectivity index (χ0) is 15.1. The largest absolute Gasteiger partial charge is 0.495 e. The molecule has 2 unspecified atom stereocenters. The van der Waals surface area contributed by atoms with Crippen LogP contribution in [0.4, 0.5) is 0 Å². The molecule has 1 rings (SSSR count). The third-order valence-corrected chi connectivity index (χ3v) is 5.02. The molecule has 0 saturated carbocycles. The Morgan fingerprint density at radius 1 is 1.20 bits per heavy atom. The van der Waals surface area contributed by atoms with Gasteiger partial charge in [0.25, 0.3) is 0 Å². The van der Waals surface area contributed by atoms with Crippen LogP contribution >= 0.6 is 27.5 Å². The Balaban J connectivity index is 3.07. The summed E-state index contributed by atoms with van der Waals surface area (Å²) >= 11 is 10.3. The summed E-state index contributed by atoms with van der Waals surface area (Å²) in [6.45, 7) is 4.40. The maximum absolute atomic E-state index is 6.72. The number of benzene rings is 1. The third kappa shape index (κ3) is 4.05. The predicted octanol–water partition coefficient (Wildman–Crippen LogP) is 5.96. The van der Waals surface area contributed by atoms with Crippen molar-refractivity contribution in [3.8, 4) is 11.5 Å². The van der Waals surface area contributed by atoms with Gasteiger partial charge in [-0.3, -0.25) is 0 Å². The van der Waals surface area contributed by atoms with E-state index in [1.807, 2.05) is 12.1 Å². The van der Waals surface area contributed by atoms with Crippen molar-refractivity contribution in [2.75, 3.05) is 14.2 Å². The molecule has 0 amide bonds. The van der Waals surface area contributed by atoms with Crippen LogP contribution in [0.3, 0.4) is 0 Å². The van der Waals surface area contributed by atoms with Crippen molar-refractivity contribution >= 4 is 27.5 Å². The molecular formula is C16H24BrClO2. The van der Waals surface area contributed by atoms with Crippen LogP contribution in [0.5, 0.6) is 11.5 Å². The lowest BCUT2D eigenvalue weighted by atomic mass is 9.91. The maximum atomic E-state index is 6.72. The average molecular weight is 364 g/mol. The van der Waals surface area contributed by atoms with Crippen LogP contribution < -0.4 is 9.47 Å². The summed E-state index contributed by atoms with van der Waals surface area (Å²) < 4.78 is 11.7. The van der Waals surface area contributed by atoms with Crippen LogP contribution in [-0.2, 0) is 0 Å². The summed E-state index contributed by atoms with van der Waals surface area (Å²) in [5.41, 5.74) is 1.03. The summed E-state index contributed by atoms with van der Waals surface area (Å²) in [6, 6.07) is 3.94.